The largest absolute Gasteiger partial charge is 0.280 e. The van der Waals surface area contributed by atoms with Crippen LogP contribution in [-0.4, -0.2) is 4.57 Å². The second kappa shape index (κ2) is 4.85. The fourth-order valence-electron chi connectivity index (χ4n) is 1.70. The molecule has 0 saturated carbocycles. The lowest BCUT2D eigenvalue weighted by Crippen LogP contribution is -2.22. The topological polar surface area (TPSA) is 45.8 Å². The molecule has 90 valence electrons. The Balaban J connectivity index is 2.79. The fourth-order valence-corrected chi connectivity index (χ4v) is 2.22. The number of hydrogen-bond donors (Lipinski definition) is 0. The third-order valence-corrected chi connectivity index (χ3v) is 2.94. The van der Waals surface area contributed by atoms with Crippen LogP contribution >= 0.6 is 23.2 Å². The minimum atomic E-state index is -0.379. The molecule has 0 bridgehead atoms. The van der Waals surface area contributed by atoms with Gasteiger partial charge >= 0.3 is 0 Å². The molecule has 0 aliphatic rings. The van der Waals surface area contributed by atoms with Gasteiger partial charge in [0.1, 0.15) is 11.6 Å². The zero-order chi connectivity index (χ0) is 13.3. The minimum Gasteiger partial charge on any atom is -0.280 e. The molecule has 5 heteroatoms. The molecule has 0 fully saturated rings. The molecule has 0 amide bonds. The highest BCUT2D eigenvalue weighted by Gasteiger charge is 2.09. The Morgan fingerprint density at radius 2 is 1.78 bits per heavy atom. The number of nitriles is 1. The van der Waals surface area contributed by atoms with E-state index in [1.165, 1.54) is 10.6 Å². The second-order valence-electron chi connectivity index (χ2n) is 3.77. The first-order valence-corrected chi connectivity index (χ1v) is 5.88. The molecule has 0 aliphatic heterocycles. The Hall–Kier alpha value is -1.76. The van der Waals surface area contributed by atoms with Gasteiger partial charge in [-0.3, -0.25) is 9.36 Å². The van der Waals surface area contributed by atoms with Gasteiger partial charge < -0.3 is 0 Å². The van der Waals surface area contributed by atoms with Crippen molar-refractivity contribution in [2.75, 3.05) is 0 Å². The van der Waals surface area contributed by atoms with Crippen molar-refractivity contribution in [3.05, 3.63) is 62.0 Å². The highest BCUT2D eigenvalue weighted by atomic mass is 35.5. The van der Waals surface area contributed by atoms with E-state index in [1.54, 1.807) is 31.2 Å². The summed E-state index contributed by atoms with van der Waals surface area (Å²) in [4.78, 5) is 12.1. The van der Waals surface area contributed by atoms with Crippen LogP contribution in [0.3, 0.4) is 0 Å². The molecule has 0 radical (unpaired) electrons. The monoisotopic (exact) mass is 278 g/mol. The Labute approximate surface area is 114 Å². The SMILES string of the molecule is Cc1ccc(C#N)c(=O)n1-c1cc(Cl)cc(Cl)c1. The van der Waals surface area contributed by atoms with Crippen molar-refractivity contribution in [1.29, 1.82) is 5.26 Å². The van der Waals surface area contributed by atoms with Crippen molar-refractivity contribution in [1.82, 2.24) is 4.57 Å². The maximum atomic E-state index is 12.1. The molecule has 1 aromatic carbocycles. The van der Waals surface area contributed by atoms with Crippen molar-refractivity contribution >= 4 is 23.2 Å². The summed E-state index contributed by atoms with van der Waals surface area (Å²) < 4.78 is 1.41. The van der Waals surface area contributed by atoms with E-state index in [0.717, 1.165) is 0 Å². The summed E-state index contributed by atoms with van der Waals surface area (Å²) >= 11 is 11.8. The molecule has 2 rings (SSSR count). The van der Waals surface area contributed by atoms with Gasteiger partial charge in [-0.05, 0) is 37.3 Å². The minimum absolute atomic E-state index is 0.0803. The lowest BCUT2D eigenvalue weighted by Gasteiger charge is -2.10. The van der Waals surface area contributed by atoms with Crippen molar-refractivity contribution in [2.24, 2.45) is 0 Å². The van der Waals surface area contributed by atoms with Crippen LogP contribution in [0.25, 0.3) is 5.69 Å². The van der Waals surface area contributed by atoms with Gasteiger partial charge in [0, 0.05) is 15.7 Å². The Bertz CT molecular complexity index is 694. The van der Waals surface area contributed by atoms with Crippen LogP contribution in [-0.2, 0) is 0 Å². The van der Waals surface area contributed by atoms with E-state index in [2.05, 4.69) is 0 Å². The van der Waals surface area contributed by atoms with E-state index in [-0.39, 0.29) is 11.1 Å². The summed E-state index contributed by atoms with van der Waals surface area (Å²) in [7, 11) is 0. The van der Waals surface area contributed by atoms with Gasteiger partial charge in [0.25, 0.3) is 5.56 Å². The van der Waals surface area contributed by atoms with Gasteiger partial charge in [0.05, 0.1) is 5.69 Å². The number of benzene rings is 1. The van der Waals surface area contributed by atoms with Gasteiger partial charge in [-0.25, -0.2) is 0 Å². The third kappa shape index (κ3) is 2.26. The molecule has 0 atom stereocenters. The summed E-state index contributed by atoms with van der Waals surface area (Å²) in [5.74, 6) is 0. The average molecular weight is 279 g/mol. The molecular weight excluding hydrogens is 271 g/mol. The van der Waals surface area contributed by atoms with Gasteiger partial charge in [-0.15, -0.1) is 0 Å². The first-order valence-electron chi connectivity index (χ1n) is 5.12. The van der Waals surface area contributed by atoms with E-state index in [0.29, 0.717) is 21.4 Å². The number of aromatic nitrogens is 1. The molecule has 3 nitrogen and oxygen atoms in total. The van der Waals surface area contributed by atoms with Crippen molar-refractivity contribution in [3.63, 3.8) is 0 Å². The maximum Gasteiger partial charge on any atom is 0.273 e. The molecule has 0 saturated heterocycles. The summed E-state index contributed by atoms with van der Waals surface area (Å²) in [6.07, 6.45) is 0. The van der Waals surface area contributed by atoms with Crippen molar-refractivity contribution in [2.45, 2.75) is 6.92 Å². The summed E-state index contributed by atoms with van der Waals surface area (Å²) in [5.41, 5.74) is 0.956. The normalized spacial score (nSPS) is 10.1. The van der Waals surface area contributed by atoms with Gasteiger partial charge in [-0.1, -0.05) is 23.2 Å². The molecular formula is C13H8Cl2N2O. The molecule has 18 heavy (non-hydrogen) atoms. The van der Waals surface area contributed by atoms with Gasteiger partial charge in [-0.2, -0.15) is 5.26 Å². The highest BCUT2D eigenvalue weighted by Crippen LogP contribution is 2.21. The van der Waals surface area contributed by atoms with E-state index in [1.807, 2.05) is 6.07 Å². The Morgan fingerprint density at radius 3 is 2.33 bits per heavy atom. The predicted molar refractivity (Wildman–Crippen MR) is 71.5 cm³/mol. The quantitative estimate of drug-likeness (QED) is 0.803. The van der Waals surface area contributed by atoms with Crippen LogP contribution in [0.1, 0.15) is 11.3 Å². The molecule has 2 aromatic rings. The van der Waals surface area contributed by atoms with Gasteiger partial charge in [0.2, 0.25) is 0 Å². The summed E-state index contributed by atoms with van der Waals surface area (Å²) in [6.45, 7) is 1.78. The second-order valence-corrected chi connectivity index (χ2v) is 4.64. The number of rotatable bonds is 1. The first-order chi connectivity index (χ1) is 8.52. The fraction of sp³-hybridized carbons (Fsp3) is 0.0769. The molecule has 1 heterocycles. The van der Waals surface area contributed by atoms with Crippen LogP contribution in [0.2, 0.25) is 10.0 Å². The standard InChI is InChI=1S/C13H8Cl2N2O/c1-8-2-3-9(7-16)13(18)17(8)12-5-10(14)4-11(15)6-12/h2-6H,1H3. The molecule has 0 spiro atoms. The highest BCUT2D eigenvalue weighted by molar-refractivity contribution is 6.34. The average Bonchev–Trinajstić information content (AvgIpc) is 2.28. The van der Waals surface area contributed by atoms with Gasteiger partial charge in [0.15, 0.2) is 0 Å². The number of halogens is 2. The zero-order valence-corrected chi connectivity index (χ0v) is 11.0. The smallest absolute Gasteiger partial charge is 0.273 e. The Kier molecular flexibility index (Phi) is 3.42. The van der Waals surface area contributed by atoms with Crippen LogP contribution in [0.5, 0.6) is 0 Å². The number of hydrogen-bond acceptors (Lipinski definition) is 2. The number of aryl methyl sites for hydroxylation is 1. The third-order valence-electron chi connectivity index (χ3n) is 2.50. The van der Waals surface area contributed by atoms with E-state index in [9.17, 15) is 4.79 Å². The summed E-state index contributed by atoms with van der Waals surface area (Å²) in [5, 5.41) is 9.75. The molecule has 0 N–H and O–H groups in total. The number of nitrogens with zero attached hydrogens (tertiary/aromatic N) is 2. The van der Waals surface area contributed by atoms with Crippen LogP contribution < -0.4 is 5.56 Å². The molecule has 1 aromatic heterocycles. The molecule has 0 aliphatic carbocycles. The van der Waals surface area contributed by atoms with Crippen molar-refractivity contribution in [3.8, 4) is 11.8 Å². The predicted octanol–water partition coefficient (Wildman–Crippen LogP) is 3.32. The van der Waals surface area contributed by atoms with Crippen LogP contribution in [0, 0.1) is 18.3 Å². The van der Waals surface area contributed by atoms with E-state index in [4.69, 9.17) is 28.5 Å². The van der Waals surface area contributed by atoms with Crippen LogP contribution in [0.15, 0.2) is 35.1 Å². The zero-order valence-electron chi connectivity index (χ0n) is 9.45. The van der Waals surface area contributed by atoms with E-state index >= 15 is 0 Å². The van der Waals surface area contributed by atoms with E-state index < -0.39 is 0 Å². The van der Waals surface area contributed by atoms with Crippen LogP contribution in [0.4, 0.5) is 0 Å². The van der Waals surface area contributed by atoms with Crippen molar-refractivity contribution < 1.29 is 0 Å². The lowest BCUT2D eigenvalue weighted by molar-refractivity contribution is 0.928. The maximum absolute atomic E-state index is 12.1. The lowest BCUT2D eigenvalue weighted by atomic mass is 10.2. The Morgan fingerprint density at radius 1 is 1.17 bits per heavy atom. The number of pyridine rings is 1. The summed E-state index contributed by atoms with van der Waals surface area (Å²) in [6, 6.07) is 9.91. The first kappa shape index (κ1) is 12.7. The molecule has 0 unspecified atom stereocenters.